The van der Waals surface area contributed by atoms with E-state index in [1.165, 1.54) is 37.0 Å². The molecule has 0 aromatic rings. The Hall–Kier alpha value is -1.15. The second-order valence-electron chi connectivity index (χ2n) is 14.7. The maximum atomic E-state index is 10.6. The lowest BCUT2D eigenvalue weighted by molar-refractivity contribution is -0.00100. The first kappa shape index (κ1) is 28.4. The number of allylic oxidation sites excluding steroid dienone is 1. The van der Waals surface area contributed by atoms with Crippen LogP contribution in [-0.2, 0) is 9.57 Å². The summed E-state index contributed by atoms with van der Waals surface area (Å²) in [5.74, 6) is 1.47. The summed E-state index contributed by atoms with van der Waals surface area (Å²) in [7, 11) is 0. The van der Waals surface area contributed by atoms with Gasteiger partial charge in [0.25, 0.3) is 0 Å². The molecule has 7 heteroatoms. The minimum atomic E-state index is -0.546. The van der Waals surface area contributed by atoms with Crippen molar-refractivity contribution in [2.75, 3.05) is 52.5 Å². The molecule has 0 radical (unpaired) electrons. The predicted octanol–water partition coefficient (Wildman–Crippen LogP) is 4.29. The number of oxime groups is 1. The van der Waals surface area contributed by atoms with Crippen LogP contribution in [0.1, 0.15) is 80.1 Å². The van der Waals surface area contributed by atoms with Crippen molar-refractivity contribution < 1.29 is 19.8 Å². The summed E-state index contributed by atoms with van der Waals surface area (Å²) in [5.41, 5.74) is 3.63. The third-order valence-electron chi connectivity index (χ3n) is 12.5. The number of β-amino-alcohol motifs (C(OH)–C–C–N with tert-alkyl or cyclic N) is 2. The summed E-state index contributed by atoms with van der Waals surface area (Å²) < 4.78 is 5.91. The summed E-state index contributed by atoms with van der Waals surface area (Å²) in [6.45, 7) is 19.6. The molecule has 1 saturated heterocycles. The maximum absolute atomic E-state index is 10.6. The van der Waals surface area contributed by atoms with Gasteiger partial charge >= 0.3 is 0 Å². The van der Waals surface area contributed by atoms with Crippen LogP contribution in [0.4, 0.5) is 0 Å². The number of ether oxygens (including phenoxy) is 1. The molecule has 7 nitrogen and oxygen atoms in total. The zero-order valence-electron chi connectivity index (χ0n) is 24.8. The summed E-state index contributed by atoms with van der Waals surface area (Å²) >= 11 is 0. The van der Waals surface area contributed by atoms with E-state index >= 15 is 0 Å². The van der Waals surface area contributed by atoms with Crippen LogP contribution in [0.3, 0.4) is 0 Å². The monoisotopic (exact) mass is 531 g/mol. The molecule has 0 amide bonds. The molecule has 0 aromatic carbocycles. The number of hydrogen-bond acceptors (Lipinski definition) is 7. The molecule has 0 unspecified atom stereocenters. The standard InChI is InChI=1S/C31H53N3O4/c1-28(2)22-7-9-30(28,5)24(15-22)19-37-20-25(35)17-33-11-13-34(14-12-33)18-26(36)21-38-32-27-16-23-8-10-31(27,6)29(23,3)4/h19,22-23,25-26,35-36H,7-18,20-21H2,1-6H3/b24-19+,32-27-/t22-,23+,25+,26+,30+,31+/m0/s1. The average Bonchev–Trinajstić information content (AvgIpc) is 3.37. The highest BCUT2D eigenvalue weighted by Gasteiger charge is 2.60. The Balaban J connectivity index is 0.977. The van der Waals surface area contributed by atoms with E-state index in [1.54, 1.807) is 0 Å². The molecule has 5 rings (SSSR count). The second kappa shape index (κ2) is 10.4. The second-order valence-corrected chi connectivity index (χ2v) is 14.7. The Morgan fingerprint density at radius 2 is 1.34 bits per heavy atom. The van der Waals surface area contributed by atoms with Gasteiger partial charge in [0, 0.05) is 44.7 Å². The molecule has 0 spiro atoms. The molecule has 5 fully saturated rings. The molecule has 2 N–H and O–H groups in total. The highest BCUT2D eigenvalue weighted by Crippen LogP contribution is 2.68. The van der Waals surface area contributed by atoms with Crippen molar-refractivity contribution in [2.45, 2.75) is 92.3 Å². The summed E-state index contributed by atoms with van der Waals surface area (Å²) in [6.07, 6.45) is 8.16. The van der Waals surface area contributed by atoms with E-state index < -0.39 is 12.2 Å². The van der Waals surface area contributed by atoms with Crippen molar-refractivity contribution in [1.82, 2.24) is 9.80 Å². The third kappa shape index (κ3) is 4.84. The molecular formula is C31H53N3O4. The van der Waals surface area contributed by atoms with Crippen molar-refractivity contribution in [3.8, 4) is 0 Å². The van der Waals surface area contributed by atoms with Crippen molar-refractivity contribution in [1.29, 1.82) is 0 Å². The predicted molar refractivity (Wildman–Crippen MR) is 151 cm³/mol. The van der Waals surface area contributed by atoms with Gasteiger partial charge in [-0.15, -0.1) is 0 Å². The quantitative estimate of drug-likeness (QED) is 0.324. The number of aliphatic hydroxyl groups is 2. The van der Waals surface area contributed by atoms with Crippen LogP contribution in [-0.4, -0.2) is 90.4 Å². The average molecular weight is 532 g/mol. The van der Waals surface area contributed by atoms with Crippen molar-refractivity contribution in [3.05, 3.63) is 11.8 Å². The van der Waals surface area contributed by atoms with E-state index in [1.807, 2.05) is 6.26 Å². The zero-order chi connectivity index (χ0) is 27.3. The normalized spacial score (nSPS) is 39.8. The first-order valence-electron chi connectivity index (χ1n) is 15.2. The Bertz CT molecular complexity index is 850. The third-order valence-corrected chi connectivity index (χ3v) is 12.5. The lowest BCUT2D eigenvalue weighted by Gasteiger charge is -2.36. The van der Waals surface area contributed by atoms with Gasteiger partial charge in [-0.1, -0.05) is 46.7 Å². The number of rotatable bonds is 10. The number of nitrogens with zero attached hydrogens (tertiary/aromatic N) is 3. The van der Waals surface area contributed by atoms with Gasteiger partial charge in [0.15, 0.2) is 0 Å². The van der Waals surface area contributed by atoms with E-state index in [4.69, 9.17) is 9.57 Å². The molecule has 6 atom stereocenters. The summed E-state index contributed by atoms with van der Waals surface area (Å²) in [5, 5.41) is 25.6. The number of fused-ring (bicyclic) bond motifs is 4. The van der Waals surface area contributed by atoms with Crippen LogP contribution < -0.4 is 0 Å². The van der Waals surface area contributed by atoms with Crippen molar-refractivity contribution in [3.63, 3.8) is 0 Å². The van der Waals surface area contributed by atoms with Crippen LogP contribution in [0.15, 0.2) is 17.0 Å². The fourth-order valence-corrected chi connectivity index (χ4v) is 8.58. The van der Waals surface area contributed by atoms with Gasteiger partial charge in [-0.05, 0) is 72.2 Å². The Kier molecular flexibility index (Phi) is 7.73. The smallest absolute Gasteiger partial charge is 0.144 e. The van der Waals surface area contributed by atoms with Gasteiger partial charge < -0.3 is 19.8 Å². The van der Waals surface area contributed by atoms with Crippen LogP contribution >= 0.6 is 0 Å². The Morgan fingerprint density at radius 1 is 0.816 bits per heavy atom. The molecule has 4 aliphatic carbocycles. The van der Waals surface area contributed by atoms with Gasteiger partial charge in [-0.2, -0.15) is 0 Å². The molecule has 4 bridgehead atoms. The molecular weight excluding hydrogens is 478 g/mol. The Labute approximate surface area is 230 Å². The van der Waals surface area contributed by atoms with Gasteiger partial charge in [0.1, 0.15) is 25.4 Å². The minimum Gasteiger partial charge on any atom is -0.498 e. The number of aliphatic hydroxyl groups excluding tert-OH is 2. The van der Waals surface area contributed by atoms with Gasteiger partial charge in [0.05, 0.1) is 12.0 Å². The summed E-state index contributed by atoms with van der Waals surface area (Å²) in [6, 6.07) is 0. The van der Waals surface area contributed by atoms with Crippen molar-refractivity contribution in [2.24, 2.45) is 38.7 Å². The van der Waals surface area contributed by atoms with Crippen LogP contribution in [0.5, 0.6) is 0 Å². The van der Waals surface area contributed by atoms with E-state index in [-0.39, 0.29) is 22.9 Å². The molecule has 216 valence electrons. The minimum absolute atomic E-state index is 0.136. The largest absolute Gasteiger partial charge is 0.498 e. The Morgan fingerprint density at radius 3 is 1.82 bits per heavy atom. The maximum Gasteiger partial charge on any atom is 0.144 e. The van der Waals surface area contributed by atoms with Gasteiger partial charge in [0.2, 0.25) is 0 Å². The topological polar surface area (TPSA) is 77.8 Å². The van der Waals surface area contributed by atoms with E-state index in [9.17, 15) is 10.2 Å². The fourth-order valence-electron chi connectivity index (χ4n) is 8.58. The molecule has 0 aromatic heterocycles. The molecule has 4 saturated carbocycles. The van der Waals surface area contributed by atoms with Crippen LogP contribution in [0.25, 0.3) is 0 Å². The van der Waals surface area contributed by atoms with E-state index in [0.29, 0.717) is 31.0 Å². The molecule has 38 heavy (non-hydrogen) atoms. The van der Waals surface area contributed by atoms with Crippen LogP contribution in [0.2, 0.25) is 0 Å². The SMILES string of the molecule is CC1(C)[C@@H]2CC[C@]1(C)/C(=N\OC[C@H](O)CN1CCN(C[C@@H](O)CO/C=C3\C[C@@H]4CC[C@@]3(C)C4(C)C)CC1)C2. The fraction of sp³-hybridized carbons (Fsp3) is 0.903. The number of hydrogen-bond donors (Lipinski definition) is 2. The van der Waals surface area contributed by atoms with Gasteiger partial charge in [-0.3, -0.25) is 9.80 Å². The van der Waals surface area contributed by atoms with Gasteiger partial charge in [-0.25, -0.2) is 0 Å². The highest BCUT2D eigenvalue weighted by atomic mass is 16.6. The first-order valence-corrected chi connectivity index (χ1v) is 15.2. The molecule has 1 aliphatic heterocycles. The highest BCUT2D eigenvalue weighted by molar-refractivity contribution is 5.93. The lowest BCUT2D eigenvalue weighted by atomic mass is 9.69. The van der Waals surface area contributed by atoms with Crippen molar-refractivity contribution >= 4 is 5.71 Å². The lowest BCUT2D eigenvalue weighted by Crippen LogP contribution is -2.51. The molecule has 1 heterocycles. The zero-order valence-corrected chi connectivity index (χ0v) is 24.8. The molecule has 5 aliphatic rings. The summed E-state index contributed by atoms with van der Waals surface area (Å²) in [4.78, 5) is 10.2. The first-order chi connectivity index (χ1) is 17.9. The van der Waals surface area contributed by atoms with Crippen LogP contribution in [0, 0.1) is 33.5 Å². The number of piperazine rings is 1. The van der Waals surface area contributed by atoms with E-state index in [0.717, 1.165) is 44.9 Å². The van der Waals surface area contributed by atoms with E-state index in [2.05, 4.69) is 56.5 Å².